The lowest BCUT2D eigenvalue weighted by atomic mass is 10.1. The van der Waals surface area contributed by atoms with E-state index in [1.807, 2.05) is 6.07 Å². The largest absolute Gasteiger partial charge is 0.489 e. The van der Waals surface area contributed by atoms with Crippen molar-refractivity contribution < 1.29 is 4.74 Å². The summed E-state index contributed by atoms with van der Waals surface area (Å²) < 4.78 is 7.13. The van der Waals surface area contributed by atoms with Crippen molar-refractivity contribution in [2.24, 2.45) is 0 Å². The van der Waals surface area contributed by atoms with Crippen molar-refractivity contribution in [2.75, 3.05) is 13.1 Å². The Bertz CT molecular complexity index is 541. The average molecular weight is 322 g/mol. The molecule has 2 nitrogen and oxygen atoms in total. The van der Waals surface area contributed by atoms with E-state index in [0.29, 0.717) is 0 Å². The van der Waals surface area contributed by atoms with Crippen LogP contribution in [0.2, 0.25) is 0 Å². The van der Waals surface area contributed by atoms with E-state index in [4.69, 9.17) is 4.74 Å². The van der Waals surface area contributed by atoms with Gasteiger partial charge in [-0.3, -0.25) is 0 Å². The number of fused-ring (bicyclic) bond motifs is 1. The minimum atomic E-state index is 0.229. The third-order valence-electron chi connectivity index (χ3n) is 3.15. The molecule has 0 saturated heterocycles. The fourth-order valence-electron chi connectivity index (χ4n) is 2.04. The van der Waals surface area contributed by atoms with Crippen LogP contribution >= 0.6 is 15.9 Å². The van der Waals surface area contributed by atoms with Crippen LogP contribution in [0.3, 0.4) is 0 Å². The minimum absolute atomic E-state index is 0.229. The molecule has 0 amide bonds. The van der Waals surface area contributed by atoms with Crippen LogP contribution in [0, 0.1) is 0 Å². The van der Waals surface area contributed by atoms with E-state index in [2.05, 4.69) is 65.4 Å². The second-order valence-corrected chi connectivity index (χ2v) is 5.52. The highest BCUT2D eigenvalue weighted by Gasteiger charge is 2.07. The number of hydrogen-bond acceptors (Lipinski definition) is 2. The Kier molecular flexibility index (Phi) is 5.23. The number of ether oxygens (including phenoxy) is 1. The monoisotopic (exact) mass is 321 g/mol. The first kappa shape index (κ1) is 14.4. The third-order valence-corrected chi connectivity index (χ3v) is 3.65. The van der Waals surface area contributed by atoms with Crippen LogP contribution in [0.4, 0.5) is 0 Å². The lowest BCUT2D eigenvalue weighted by Crippen LogP contribution is -2.30. The van der Waals surface area contributed by atoms with Crippen LogP contribution in [0.15, 0.2) is 40.9 Å². The number of halogens is 1. The summed E-state index contributed by atoms with van der Waals surface area (Å²) >= 11 is 3.49. The summed E-state index contributed by atoms with van der Waals surface area (Å²) in [6, 6.07) is 12.5. The molecule has 3 heteroatoms. The highest BCUT2D eigenvalue weighted by molar-refractivity contribution is 9.10. The minimum Gasteiger partial charge on any atom is -0.489 e. The number of likely N-dealkylation sites (N-methyl/N-ethyl adjacent to an activating group) is 1. The van der Waals surface area contributed by atoms with Gasteiger partial charge in [0.05, 0.1) is 0 Å². The molecule has 0 bridgehead atoms. The van der Waals surface area contributed by atoms with Crippen molar-refractivity contribution in [1.29, 1.82) is 0 Å². The second-order valence-electron chi connectivity index (χ2n) is 4.61. The highest BCUT2D eigenvalue weighted by atomic mass is 79.9. The van der Waals surface area contributed by atoms with Crippen LogP contribution in [-0.4, -0.2) is 19.2 Å². The Morgan fingerprint density at radius 2 is 1.84 bits per heavy atom. The molecule has 1 unspecified atom stereocenters. The van der Waals surface area contributed by atoms with Gasteiger partial charge in [-0.2, -0.15) is 0 Å². The van der Waals surface area contributed by atoms with Crippen molar-refractivity contribution in [1.82, 2.24) is 5.32 Å². The first-order chi connectivity index (χ1) is 9.22. The predicted molar refractivity (Wildman–Crippen MR) is 84.9 cm³/mol. The Morgan fingerprint density at radius 3 is 2.58 bits per heavy atom. The van der Waals surface area contributed by atoms with Crippen LogP contribution in [-0.2, 0) is 0 Å². The highest BCUT2D eigenvalue weighted by Crippen LogP contribution is 2.24. The van der Waals surface area contributed by atoms with Gasteiger partial charge in [-0.05, 0) is 48.0 Å². The van der Waals surface area contributed by atoms with Crippen LogP contribution in [0.25, 0.3) is 10.8 Å². The van der Waals surface area contributed by atoms with Gasteiger partial charge in [0.1, 0.15) is 11.9 Å². The standard InChI is InChI=1S/C16H20BrNO/c1-3-15(11-18-4-2)19-16-8-6-12-9-14(17)7-5-13(12)10-16/h5-10,15,18H,3-4,11H2,1-2H3. The zero-order chi connectivity index (χ0) is 13.7. The summed E-state index contributed by atoms with van der Waals surface area (Å²) in [6.45, 7) is 6.14. The molecule has 1 atom stereocenters. The van der Waals surface area contributed by atoms with Crippen molar-refractivity contribution in [3.63, 3.8) is 0 Å². The molecular formula is C16H20BrNO. The van der Waals surface area contributed by atoms with Gasteiger partial charge in [0.2, 0.25) is 0 Å². The molecular weight excluding hydrogens is 302 g/mol. The van der Waals surface area contributed by atoms with E-state index in [1.54, 1.807) is 0 Å². The molecule has 0 saturated carbocycles. The molecule has 0 aliphatic rings. The molecule has 1 N–H and O–H groups in total. The number of benzene rings is 2. The summed E-state index contributed by atoms with van der Waals surface area (Å²) in [7, 11) is 0. The van der Waals surface area contributed by atoms with Gasteiger partial charge < -0.3 is 10.1 Å². The third kappa shape index (κ3) is 3.95. The molecule has 0 heterocycles. The SMILES string of the molecule is CCNCC(CC)Oc1ccc2cc(Br)ccc2c1. The Labute approximate surface area is 123 Å². The van der Waals surface area contributed by atoms with Crippen molar-refractivity contribution in [3.8, 4) is 5.75 Å². The van der Waals surface area contributed by atoms with Crippen LogP contribution in [0.1, 0.15) is 20.3 Å². The topological polar surface area (TPSA) is 21.3 Å². The van der Waals surface area contributed by atoms with Gasteiger partial charge in [0.15, 0.2) is 0 Å². The first-order valence-corrected chi connectivity index (χ1v) is 7.59. The van der Waals surface area contributed by atoms with E-state index in [1.165, 1.54) is 10.8 Å². The van der Waals surface area contributed by atoms with Gasteiger partial charge in [0, 0.05) is 11.0 Å². The zero-order valence-corrected chi connectivity index (χ0v) is 13.0. The maximum Gasteiger partial charge on any atom is 0.120 e. The maximum atomic E-state index is 6.03. The molecule has 2 aromatic rings. The number of rotatable bonds is 6. The van der Waals surface area contributed by atoms with E-state index in [-0.39, 0.29) is 6.10 Å². The van der Waals surface area contributed by atoms with Gasteiger partial charge in [0.25, 0.3) is 0 Å². The van der Waals surface area contributed by atoms with Crippen molar-refractivity contribution >= 4 is 26.7 Å². The lowest BCUT2D eigenvalue weighted by molar-refractivity contribution is 0.194. The molecule has 19 heavy (non-hydrogen) atoms. The molecule has 0 aliphatic carbocycles. The maximum absolute atomic E-state index is 6.03. The number of hydrogen-bond donors (Lipinski definition) is 1. The van der Waals surface area contributed by atoms with Crippen molar-refractivity contribution in [2.45, 2.75) is 26.4 Å². The Balaban J connectivity index is 2.14. The van der Waals surface area contributed by atoms with Crippen LogP contribution in [0.5, 0.6) is 5.75 Å². The summed E-state index contributed by atoms with van der Waals surface area (Å²) in [5, 5.41) is 5.76. The summed E-state index contributed by atoms with van der Waals surface area (Å²) in [4.78, 5) is 0. The van der Waals surface area contributed by atoms with Crippen LogP contribution < -0.4 is 10.1 Å². The summed E-state index contributed by atoms with van der Waals surface area (Å²) in [6.07, 6.45) is 1.23. The molecule has 2 aromatic carbocycles. The predicted octanol–water partition coefficient (Wildman–Crippen LogP) is 4.37. The molecule has 2 rings (SSSR count). The van der Waals surface area contributed by atoms with Gasteiger partial charge in [-0.15, -0.1) is 0 Å². The fourth-order valence-corrected chi connectivity index (χ4v) is 2.41. The lowest BCUT2D eigenvalue weighted by Gasteiger charge is -2.18. The molecule has 0 spiro atoms. The smallest absolute Gasteiger partial charge is 0.120 e. The van der Waals surface area contributed by atoms with Gasteiger partial charge in [-0.25, -0.2) is 0 Å². The molecule has 0 fully saturated rings. The van der Waals surface area contributed by atoms with Gasteiger partial charge >= 0.3 is 0 Å². The second kappa shape index (κ2) is 6.92. The summed E-state index contributed by atoms with van der Waals surface area (Å²) in [5.41, 5.74) is 0. The molecule has 0 radical (unpaired) electrons. The molecule has 0 aliphatic heterocycles. The van der Waals surface area contributed by atoms with Crippen molar-refractivity contribution in [3.05, 3.63) is 40.9 Å². The van der Waals surface area contributed by atoms with E-state index >= 15 is 0 Å². The van der Waals surface area contributed by atoms with E-state index in [9.17, 15) is 0 Å². The quantitative estimate of drug-likeness (QED) is 0.853. The molecule has 0 aromatic heterocycles. The molecule has 102 valence electrons. The Hall–Kier alpha value is -1.06. The summed E-state index contributed by atoms with van der Waals surface area (Å²) in [5.74, 6) is 0.944. The first-order valence-electron chi connectivity index (χ1n) is 6.79. The van der Waals surface area contributed by atoms with E-state index < -0.39 is 0 Å². The van der Waals surface area contributed by atoms with Gasteiger partial charge in [-0.1, -0.05) is 41.9 Å². The zero-order valence-electron chi connectivity index (χ0n) is 11.4. The Morgan fingerprint density at radius 1 is 1.11 bits per heavy atom. The number of nitrogens with one attached hydrogen (secondary N) is 1. The van der Waals surface area contributed by atoms with E-state index in [0.717, 1.165) is 29.7 Å². The average Bonchev–Trinajstić information content (AvgIpc) is 2.43. The fraction of sp³-hybridized carbons (Fsp3) is 0.375. The normalized spacial score (nSPS) is 12.6.